The first kappa shape index (κ1) is 87.5. The summed E-state index contributed by atoms with van der Waals surface area (Å²) in [7, 11) is 0. The zero-order valence-corrected chi connectivity index (χ0v) is 74.2. The van der Waals surface area contributed by atoms with Crippen molar-refractivity contribution in [3.63, 3.8) is 0 Å². The molecule has 0 radical (unpaired) electrons. The summed E-state index contributed by atoms with van der Waals surface area (Å²) in [6, 6.07) is 75.2. The van der Waals surface area contributed by atoms with E-state index in [1.807, 2.05) is 12.1 Å². The standard InChI is InChI=1S/C120H118N2O2/c1-9-15-21-27-33-37-41-47-77-119(78-48-42-38-34-28-22-16-10-2)111-84-92(8)53-69-103(111)104-70-55-96(88-112(104)119)98-57-72-106-105-71-56-97(89-113(105)120(114(106)90-98,99-61-65-101(66-62-99)123-81-51-45-39-35-29-23-17-11-3)100-63-67-102(68-64-100)124-82-52-46-40-36-30-24-18-12-4)95-60-76-118-110(87-95)109-86-94(59-75-117(109)122(118)80-50-44-32-26-20-14-6)93-58-74-116-108(85-93)107-83-91(7)54-73-115(107)121(116)79-49-43-31-25-19-13-5/h3,53-77,83-90H,1,10,12-14,16,18-20,22,24-26,28,30-32,34,36,38,40,42-44,46,48-50,52,78-80,82H2,2,4-8H3. The first-order valence-electron chi connectivity index (χ1n) is 46.4. The molecule has 0 amide bonds. The van der Waals surface area contributed by atoms with E-state index < -0.39 is 10.8 Å². The molecule has 10 aromatic carbocycles. The van der Waals surface area contributed by atoms with Gasteiger partial charge in [-0.15, -0.1) is 6.42 Å². The third-order valence-electron chi connectivity index (χ3n) is 25.7. The van der Waals surface area contributed by atoms with Crippen LogP contribution in [0.25, 0.3) is 99.2 Å². The molecule has 12 aromatic rings. The van der Waals surface area contributed by atoms with E-state index in [0.717, 1.165) is 90.7 Å². The van der Waals surface area contributed by atoms with Crippen LogP contribution in [0, 0.1) is 73.7 Å². The van der Waals surface area contributed by atoms with Gasteiger partial charge >= 0.3 is 0 Å². The number of hydrogen-bond donors (Lipinski definition) is 0. The highest BCUT2D eigenvalue weighted by Gasteiger charge is 2.47. The predicted octanol–water partition coefficient (Wildman–Crippen LogP) is 31.3. The average Bonchev–Trinajstić information content (AvgIpc) is 1.53. The van der Waals surface area contributed by atoms with Crippen LogP contribution in [0.2, 0.25) is 0 Å². The van der Waals surface area contributed by atoms with E-state index in [9.17, 15) is 0 Å². The van der Waals surface area contributed by atoms with Crippen molar-refractivity contribution in [1.82, 2.24) is 9.13 Å². The third-order valence-corrected chi connectivity index (χ3v) is 25.7. The third kappa shape index (κ3) is 20.3. The number of rotatable bonds is 40. The number of benzene rings is 10. The Hall–Kier alpha value is -12.8. The van der Waals surface area contributed by atoms with Gasteiger partial charge in [0, 0.05) is 85.8 Å². The topological polar surface area (TPSA) is 28.3 Å². The highest BCUT2D eigenvalue weighted by molar-refractivity contribution is 6.12. The van der Waals surface area contributed by atoms with Gasteiger partial charge in [0.2, 0.25) is 0 Å². The van der Waals surface area contributed by atoms with Crippen molar-refractivity contribution in [3.8, 4) is 127 Å². The van der Waals surface area contributed by atoms with Crippen molar-refractivity contribution < 1.29 is 9.47 Å². The average molecular weight is 1620 g/mol. The molecular formula is C120H118N2O2. The molecule has 124 heavy (non-hydrogen) atoms. The number of allylic oxidation sites excluding steroid dienone is 1. The fraction of sp³-hybridized carbons (Fsp3) is 0.333. The van der Waals surface area contributed by atoms with Crippen LogP contribution >= 0.6 is 0 Å². The van der Waals surface area contributed by atoms with Gasteiger partial charge in [0.1, 0.15) is 17.6 Å². The van der Waals surface area contributed by atoms with Crippen LogP contribution in [-0.4, -0.2) is 15.7 Å². The number of aromatic nitrogens is 2. The van der Waals surface area contributed by atoms with Gasteiger partial charge in [0.25, 0.3) is 0 Å². The molecule has 0 saturated carbocycles. The minimum Gasteiger partial charge on any atom is -0.494 e. The van der Waals surface area contributed by atoms with Crippen molar-refractivity contribution in [3.05, 3.63) is 297 Å². The smallest absolute Gasteiger partial charge is 0.140 e. The molecule has 0 bridgehead atoms. The molecule has 2 heterocycles. The summed E-state index contributed by atoms with van der Waals surface area (Å²) in [6.07, 6.45) is 46.0. The van der Waals surface area contributed by atoms with Gasteiger partial charge in [-0.2, -0.15) is 0 Å². The van der Waals surface area contributed by atoms with Gasteiger partial charge in [-0.1, -0.05) is 314 Å². The van der Waals surface area contributed by atoms with Crippen LogP contribution in [0.5, 0.6) is 11.5 Å². The summed E-state index contributed by atoms with van der Waals surface area (Å²) >= 11 is 0. The van der Waals surface area contributed by atoms with Crippen LogP contribution in [0.3, 0.4) is 0 Å². The number of hydrogen-bond acceptors (Lipinski definition) is 2. The van der Waals surface area contributed by atoms with Crippen molar-refractivity contribution in [2.45, 2.75) is 252 Å². The molecule has 14 rings (SSSR count). The van der Waals surface area contributed by atoms with Gasteiger partial charge in [0.05, 0.1) is 12.0 Å². The molecule has 0 saturated heterocycles. The fourth-order valence-electron chi connectivity index (χ4n) is 19.4. The molecule has 2 atom stereocenters. The number of ether oxygens (including phenoxy) is 2. The van der Waals surface area contributed by atoms with Crippen molar-refractivity contribution in [2.75, 3.05) is 6.61 Å². The van der Waals surface area contributed by atoms with E-state index in [4.69, 9.17) is 15.9 Å². The molecule has 2 aromatic heterocycles. The van der Waals surface area contributed by atoms with Crippen molar-refractivity contribution >= 4 is 43.6 Å². The van der Waals surface area contributed by atoms with Crippen molar-refractivity contribution in [2.24, 2.45) is 0 Å². The minimum atomic E-state index is -0.879. The Kier molecular flexibility index (Phi) is 30.9. The second-order valence-corrected chi connectivity index (χ2v) is 34.1. The Balaban J connectivity index is 0.926. The molecule has 0 spiro atoms. The van der Waals surface area contributed by atoms with Gasteiger partial charge in [0.15, 0.2) is 0 Å². The lowest BCUT2D eigenvalue weighted by molar-refractivity contribution is 0.304. The maximum Gasteiger partial charge on any atom is 0.140 e. The first-order valence-corrected chi connectivity index (χ1v) is 46.4. The number of fused-ring (bicyclic) bond motifs is 12. The summed E-state index contributed by atoms with van der Waals surface area (Å²) in [4.78, 5) is 0. The summed E-state index contributed by atoms with van der Waals surface area (Å²) in [5.74, 6) is 22.5. The van der Waals surface area contributed by atoms with E-state index in [0.29, 0.717) is 12.4 Å². The van der Waals surface area contributed by atoms with Gasteiger partial charge < -0.3 is 18.6 Å². The molecule has 4 nitrogen and oxygen atoms in total. The fourth-order valence-corrected chi connectivity index (χ4v) is 19.4. The summed E-state index contributed by atoms with van der Waals surface area (Å²) < 4.78 is 18.1. The van der Waals surface area contributed by atoms with Crippen LogP contribution < -0.4 is 9.47 Å². The summed E-state index contributed by atoms with van der Waals surface area (Å²) in [5.41, 5.74) is 48.8. The number of nitrogens with zero attached hydrogens (tertiary/aromatic N) is 2. The SMILES string of the molecule is C#CC#CC#CC#CC#COc1ccc(C2(c3ccc(OCCCCCCCCCC)cc3)c3cc(-c4ccc5c(c4)C(C=C=C=C=C=C=C=C=C=C)(CCCCCCCCCC)c4cc(C)ccc4-5)ccc3-c3ccc(-c4ccc5c(c4)c4cc(-c6ccc7c(c6)c6cc(C)ccc6n7CCCCCCCC)ccc4n5CCCCCCCC)cc32)cc1. The lowest BCUT2D eigenvalue weighted by atomic mass is 9.67. The maximum atomic E-state index is 6.70. The molecule has 0 N–H and O–H groups in total. The summed E-state index contributed by atoms with van der Waals surface area (Å²) in [5, 5.41) is 5.19. The van der Waals surface area contributed by atoms with E-state index in [2.05, 4.69) is 345 Å². The molecule has 2 aliphatic rings. The Morgan fingerprint density at radius 1 is 0.339 bits per heavy atom. The quantitative estimate of drug-likeness (QED) is 0.0218. The largest absolute Gasteiger partial charge is 0.494 e. The minimum absolute atomic E-state index is 0.509. The number of terminal acetylenes is 1. The van der Waals surface area contributed by atoms with Gasteiger partial charge in [-0.05, 0) is 290 Å². The molecule has 4 heteroatoms. The van der Waals surface area contributed by atoms with Crippen LogP contribution in [0.15, 0.2) is 253 Å². The van der Waals surface area contributed by atoms with Gasteiger partial charge in [-0.3, -0.25) is 0 Å². The monoisotopic (exact) mass is 1620 g/mol. The predicted molar refractivity (Wildman–Crippen MR) is 523 cm³/mol. The second-order valence-electron chi connectivity index (χ2n) is 34.1. The molecule has 620 valence electrons. The Morgan fingerprint density at radius 2 is 0.702 bits per heavy atom. The van der Waals surface area contributed by atoms with Crippen molar-refractivity contribution in [1.29, 1.82) is 0 Å². The normalized spacial score (nSPS) is 13.5. The van der Waals surface area contributed by atoms with E-state index in [-0.39, 0.29) is 0 Å². The zero-order chi connectivity index (χ0) is 85.7. The maximum absolute atomic E-state index is 6.70. The summed E-state index contributed by atoms with van der Waals surface area (Å²) in [6.45, 7) is 19.9. The Bertz CT molecular complexity index is 6510. The van der Waals surface area contributed by atoms with Gasteiger partial charge in [-0.25, -0.2) is 0 Å². The Labute approximate surface area is 739 Å². The van der Waals surface area contributed by atoms with E-state index in [1.165, 1.54) is 258 Å². The molecule has 2 aliphatic carbocycles. The van der Waals surface area contributed by atoms with E-state index in [1.54, 1.807) is 0 Å². The van der Waals surface area contributed by atoms with Crippen LogP contribution in [0.4, 0.5) is 0 Å². The molecule has 0 fully saturated rings. The highest BCUT2D eigenvalue weighted by Crippen LogP contribution is 2.59. The second kappa shape index (κ2) is 43.8. The number of aryl methyl sites for hydroxylation is 4. The lowest BCUT2D eigenvalue weighted by Gasteiger charge is -2.34. The van der Waals surface area contributed by atoms with Crippen LogP contribution in [-0.2, 0) is 23.9 Å². The molecule has 0 aliphatic heterocycles. The lowest BCUT2D eigenvalue weighted by Crippen LogP contribution is -2.28. The number of unbranched alkanes of at least 4 members (excludes halogenated alkanes) is 24. The molecule has 2 unspecified atom stereocenters. The Morgan fingerprint density at radius 3 is 1.19 bits per heavy atom. The highest BCUT2D eigenvalue weighted by atomic mass is 16.5. The first-order chi connectivity index (χ1) is 61.1. The zero-order valence-electron chi connectivity index (χ0n) is 74.2. The van der Waals surface area contributed by atoms with E-state index >= 15 is 0 Å². The molecular weight excluding hydrogens is 1500 g/mol. The van der Waals surface area contributed by atoms with Crippen LogP contribution in [0.1, 0.15) is 258 Å².